The van der Waals surface area contributed by atoms with Gasteiger partial charge in [-0.1, -0.05) is 0 Å². The predicted octanol–water partition coefficient (Wildman–Crippen LogP) is -0.297. The van der Waals surface area contributed by atoms with Crippen LogP contribution in [0.15, 0.2) is 18.7 Å². The van der Waals surface area contributed by atoms with Crippen molar-refractivity contribution in [2.45, 2.75) is 26.9 Å². The Morgan fingerprint density at radius 3 is 2.38 bits per heavy atom. The molecule has 0 aliphatic rings. The van der Waals surface area contributed by atoms with Crippen molar-refractivity contribution in [2.24, 2.45) is 0 Å². The fraction of sp³-hybridized carbons (Fsp3) is 0.500. The van der Waals surface area contributed by atoms with Gasteiger partial charge < -0.3 is 15.0 Å². The smallest absolute Gasteiger partial charge is 0.249 e. The molecule has 0 fully saturated rings. The molecule has 0 aromatic carbocycles. The van der Waals surface area contributed by atoms with E-state index in [-0.39, 0.29) is 0 Å². The molecule has 1 N–H and O–H groups in total. The van der Waals surface area contributed by atoms with Crippen LogP contribution >= 0.6 is 0 Å². The van der Waals surface area contributed by atoms with Gasteiger partial charge in [0.25, 0.3) is 0 Å². The van der Waals surface area contributed by atoms with E-state index in [4.69, 9.17) is 15.0 Å². The summed E-state index contributed by atoms with van der Waals surface area (Å²) in [5.41, 5.74) is 0. The number of aromatic nitrogens is 2. The van der Waals surface area contributed by atoms with Gasteiger partial charge in [-0.15, -0.1) is 0 Å². The summed E-state index contributed by atoms with van der Waals surface area (Å²) < 4.78 is 4.31. The third kappa shape index (κ3) is 5.72. The third-order valence-corrected chi connectivity index (χ3v) is 1.48. The Morgan fingerprint density at radius 2 is 2.15 bits per heavy atom. The summed E-state index contributed by atoms with van der Waals surface area (Å²) in [6, 6.07) is 0. The van der Waals surface area contributed by atoms with Gasteiger partial charge >= 0.3 is 0 Å². The van der Waals surface area contributed by atoms with Crippen LogP contribution < -0.4 is 9.67 Å². The minimum Gasteiger partial charge on any atom is -0.565 e. The minimum absolute atomic E-state index is 1.06. The molecule has 0 aliphatic carbocycles. The molecule has 0 unspecified atom stereocenters. The first kappa shape index (κ1) is 11.5. The highest BCUT2D eigenvalue weighted by Crippen LogP contribution is 1.81. The largest absolute Gasteiger partial charge is 0.565 e. The first-order chi connectivity index (χ1) is 6.10. The summed E-state index contributed by atoms with van der Waals surface area (Å²) in [6.45, 7) is 6.40. The number of imidazole rings is 1. The minimum atomic E-state index is -2.08. The highest BCUT2D eigenvalue weighted by Gasteiger charge is 1.95. The van der Waals surface area contributed by atoms with Gasteiger partial charge in [0.15, 0.2) is 0 Å². The molecule has 0 radical (unpaired) electrons. The Balaban J connectivity index is 0.000000310. The molecule has 74 valence electrons. The first-order valence-electron chi connectivity index (χ1n) is 4.04. The van der Waals surface area contributed by atoms with Crippen LogP contribution in [0.5, 0.6) is 0 Å². The Morgan fingerprint density at radius 1 is 1.62 bits per heavy atom. The van der Waals surface area contributed by atoms with Crippen molar-refractivity contribution in [2.75, 3.05) is 0 Å². The third-order valence-electron chi connectivity index (χ3n) is 1.48. The van der Waals surface area contributed by atoms with Gasteiger partial charge in [0.2, 0.25) is 12.5 Å². The van der Waals surface area contributed by atoms with E-state index < -0.39 is 6.16 Å². The highest BCUT2D eigenvalue weighted by molar-refractivity contribution is 5.50. The Kier molecular flexibility index (Phi) is 5.34. The molecule has 0 saturated carbocycles. The molecule has 0 amide bonds. The van der Waals surface area contributed by atoms with Crippen molar-refractivity contribution in [3.8, 4) is 0 Å². The average molecular weight is 186 g/mol. The maximum Gasteiger partial charge on any atom is 0.249 e. The van der Waals surface area contributed by atoms with E-state index in [1.54, 1.807) is 0 Å². The van der Waals surface area contributed by atoms with Crippen LogP contribution in [0.25, 0.3) is 0 Å². The van der Waals surface area contributed by atoms with E-state index in [0.29, 0.717) is 0 Å². The molecule has 1 aromatic heterocycles. The van der Waals surface area contributed by atoms with Crippen LogP contribution in [-0.2, 0) is 13.1 Å². The zero-order chi connectivity index (χ0) is 10.3. The standard InChI is InChI=1S/C7H13N2.CH2O3/c1-3-8-5-6-9(4-2)7-8;2-1(3)4/h5-7H,3-4H2,1-2H3;(H2,2,3,4)/q+1;/p-1. The van der Waals surface area contributed by atoms with Crippen LogP contribution in [0.2, 0.25) is 0 Å². The van der Waals surface area contributed by atoms with Crippen LogP contribution in [0.1, 0.15) is 13.8 Å². The number of hydrogen-bond donors (Lipinski definition) is 1. The fourth-order valence-corrected chi connectivity index (χ4v) is 0.813. The fourth-order valence-electron chi connectivity index (χ4n) is 0.813. The lowest BCUT2D eigenvalue weighted by atomic mass is 10.7. The maximum atomic E-state index is 8.44. The van der Waals surface area contributed by atoms with Crippen LogP contribution in [0.3, 0.4) is 0 Å². The van der Waals surface area contributed by atoms with Gasteiger partial charge in [0, 0.05) is 0 Å². The Bertz CT molecular complexity index is 235. The van der Waals surface area contributed by atoms with E-state index in [9.17, 15) is 0 Å². The molecule has 13 heavy (non-hydrogen) atoms. The molecule has 1 rings (SSSR count). The Hall–Kier alpha value is -1.52. The lowest BCUT2D eigenvalue weighted by molar-refractivity contribution is -0.693. The number of nitrogens with zero attached hydrogens (tertiary/aromatic N) is 2. The molecule has 0 saturated heterocycles. The van der Waals surface area contributed by atoms with Gasteiger partial charge in [0.1, 0.15) is 12.4 Å². The summed E-state index contributed by atoms with van der Waals surface area (Å²) in [6.07, 6.45) is 4.20. The SMILES string of the molecule is CCn1cc[n+](CC)c1.O=C([O-])O. The predicted molar refractivity (Wildman–Crippen MR) is 44.0 cm³/mol. The molecule has 5 nitrogen and oxygen atoms in total. The summed E-state index contributed by atoms with van der Waals surface area (Å²) >= 11 is 0. The van der Waals surface area contributed by atoms with Crippen molar-refractivity contribution in [1.82, 2.24) is 4.57 Å². The van der Waals surface area contributed by atoms with E-state index in [1.807, 2.05) is 0 Å². The molecular formula is C8H14N2O3. The summed E-state index contributed by atoms with van der Waals surface area (Å²) in [5, 5.41) is 15.3. The van der Waals surface area contributed by atoms with Gasteiger partial charge in [0.05, 0.1) is 13.1 Å². The van der Waals surface area contributed by atoms with Crippen LogP contribution in [0.4, 0.5) is 4.79 Å². The summed E-state index contributed by atoms with van der Waals surface area (Å²) in [7, 11) is 0. The number of carboxylic acid groups (broad SMARTS) is 2. The summed E-state index contributed by atoms with van der Waals surface area (Å²) in [5.74, 6) is 0. The van der Waals surface area contributed by atoms with E-state index in [2.05, 4.69) is 41.7 Å². The van der Waals surface area contributed by atoms with Crippen molar-refractivity contribution in [1.29, 1.82) is 0 Å². The number of aryl methyl sites for hydroxylation is 2. The molecule has 5 heteroatoms. The molecule has 0 spiro atoms. The summed E-state index contributed by atoms with van der Waals surface area (Å²) in [4.78, 5) is 8.44. The number of carbonyl (C=O) groups is 1. The number of rotatable bonds is 2. The second kappa shape index (κ2) is 6.05. The van der Waals surface area contributed by atoms with Crippen LogP contribution in [0, 0.1) is 0 Å². The van der Waals surface area contributed by atoms with Crippen molar-refractivity contribution in [3.63, 3.8) is 0 Å². The van der Waals surface area contributed by atoms with Gasteiger partial charge in [-0.25, -0.2) is 9.13 Å². The lowest BCUT2D eigenvalue weighted by Gasteiger charge is -1.84. The van der Waals surface area contributed by atoms with Gasteiger partial charge in [-0.3, -0.25) is 0 Å². The average Bonchev–Trinajstić information content (AvgIpc) is 2.50. The number of hydrogen-bond acceptors (Lipinski definition) is 2. The zero-order valence-electron chi connectivity index (χ0n) is 7.80. The second-order valence-electron chi connectivity index (χ2n) is 2.34. The molecule has 0 atom stereocenters. The van der Waals surface area contributed by atoms with E-state index >= 15 is 0 Å². The molecule has 1 aromatic rings. The van der Waals surface area contributed by atoms with E-state index in [0.717, 1.165) is 13.1 Å². The van der Waals surface area contributed by atoms with Crippen LogP contribution in [-0.4, -0.2) is 15.8 Å². The monoisotopic (exact) mass is 186 g/mol. The first-order valence-corrected chi connectivity index (χ1v) is 4.04. The molecular weight excluding hydrogens is 172 g/mol. The van der Waals surface area contributed by atoms with E-state index in [1.165, 1.54) is 0 Å². The normalized spacial score (nSPS) is 8.77. The quantitative estimate of drug-likeness (QED) is 0.645. The Labute approximate surface area is 76.9 Å². The van der Waals surface area contributed by atoms with Gasteiger partial charge in [-0.2, -0.15) is 0 Å². The topological polar surface area (TPSA) is 69.2 Å². The molecule has 1 heterocycles. The highest BCUT2D eigenvalue weighted by atomic mass is 16.6. The lowest BCUT2D eigenvalue weighted by Crippen LogP contribution is -2.28. The second-order valence-corrected chi connectivity index (χ2v) is 2.34. The van der Waals surface area contributed by atoms with Gasteiger partial charge in [-0.05, 0) is 13.8 Å². The van der Waals surface area contributed by atoms with Crippen molar-refractivity contribution in [3.05, 3.63) is 18.7 Å². The zero-order valence-corrected chi connectivity index (χ0v) is 7.80. The maximum absolute atomic E-state index is 8.44. The molecule has 0 aliphatic heterocycles. The van der Waals surface area contributed by atoms with Crippen molar-refractivity contribution < 1.29 is 19.6 Å². The van der Waals surface area contributed by atoms with Crippen molar-refractivity contribution >= 4 is 6.16 Å². The molecule has 0 bridgehead atoms.